The van der Waals surface area contributed by atoms with Crippen molar-refractivity contribution in [1.29, 1.82) is 0 Å². The lowest BCUT2D eigenvalue weighted by atomic mass is 9.81. The van der Waals surface area contributed by atoms with Gasteiger partial charge < -0.3 is 16.4 Å². The van der Waals surface area contributed by atoms with Crippen LogP contribution in [0.4, 0.5) is 0 Å². The summed E-state index contributed by atoms with van der Waals surface area (Å²) in [6.45, 7) is 2.09. The lowest BCUT2D eigenvalue weighted by molar-refractivity contribution is 0.0539. The number of aromatic nitrogens is 1. The van der Waals surface area contributed by atoms with Crippen molar-refractivity contribution in [3.8, 4) is 0 Å². The first-order chi connectivity index (χ1) is 11.6. The molecule has 126 valence electrons. The first kappa shape index (κ1) is 15.2. The average Bonchev–Trinajstić information content (AvgIpc) is 2.97. The third kappa shape index (κ3) is 2.46. The van der Waals surface area contributed by atoms with Gasteiger partial charge in [0.05, 0.1) is 0 Å². The van der Waals surface area contributed by atoms with Gasteiger partial charge in [0.1, 0.15) is 5.66 Å². The highest BCUT2D eigenvalue weighted by molar-refractivity contribution is 5.84. The molecule has 4 heterocycles. The molecule has 1 unspecified atom stereocenters. The summed E-state index contributed by atoms with van der Waals surface area (Å²) in [6, 6.07) is 3.97. The lowest BCUT2D eigenvalue weighted by Gasteiger charge is -2.47. The van der Waals surface area contributed by atoms with Crippen LogP contribution in [0.3, 0.4) is 0 Å². The molecule has 1 aromatic rings. The maximum atomic E-state index is 6.93. The number of aliphatic imine (C=N–C) groups is 1. The summed E-state index contributed by atoms with van der Waals surface area (Å²) in [5, 5.41) is 1.91. The number of fused-ring (bicyclic) bond motifs is 1. The normalized spacial score (nSPS) is 27.9. The molecule has 24 heavy (non-hydrogen) atoms. The standard InChI is InChI=1S/C17H23N7/c1-23-7-4-14(5-8-23)17(19)10-13(12-3-2-6-20-11-12)9-15-21-16(18)22-24(15)17/h2-3,6,9-11,14H,4-5,7-8,19H2,1H3,(H3,18,21,22). The highest BCUT2D eigenvalue weighted by Crippen LogP contribution is 2.39. The van der Waals surface area contributed by atoms with Crippen LogP contribution in [-0.4, -0.2) is 46.7 Å². The number of likely N-dealkylation sites (tertiary alicyclic amines) is 1. The van der Waals surface area contributed by atoms with E-state index >= 15 is 0 Å². The molecule has 7 heteroatoms. The van der Waals surface area contributed by atoms with Crippen LogP contribution in [0, 0.1) is 5.92 Å². The van der Waals surface area contributed by atoms with Crippen molar-refractivity contribution < 1.29 is 0 Å². The molecule has 3 aliphatic rings. The predicted octanol–water partition coefficient (Wildman–Crippen LogP) is 0.452. The zero-order chi connectivity index (χ0) is 16.7. The molecule has 0 aromatic carbocycles. The number of rotatable bonds is 2. The SMILES string of the molecule is CN1CCC(C2(N)C=C(c3cccnc3)C=C3N=C(N)NN32)CC1. The van der Waals surface area contributed by atoms with Crippen molar-refractivity contribution in [3.63, 3.8) is 0 Å². The Morgan fingerprint density at radius 3 is 2.83 bits per heavy atom. The molecule has 3 aliphatic heterocycles. The summed E-state index contributed by atoms with van der Waals surface area (Å²) in [5.74, 6) is 1.46. The Labute approximate surface area is 141 Å². The van der Waals surface area contributed by atoms with Gasteiger partial charge in [0.2, 0.25) is 5.96 Å². The van der Waals surface area contributed by atoms with Gasteiger partial charge in [-0.25, -0.2) is 5.01 Å². The third-order valence-electron chi connectivity index (χ3n) is 5.12. The van der Waals surface area contributed by atoms with Gasteiger partial charge in [-0.3, -0.25) is 10.4 Å². The number of hydrazine groups is 1. The molecule has 0 bridgehead atoms. The Balaban J connectivity index is 1.75. The Morgan fingerprint density at radius 1 is 1.33 bits per heavy atom. The van der Waals surface area contributed by atoms with E-state index < -0.39 is 5.66 Å². The molecule has 5 N–H and O–H groups in total. The molecule has 0 spiro atoms. The predicted molar refractivity (Wildman–Crippen MR) is 94.0 cm³/mol. The molecule has 1 atom stereocenters. The molecule has 7 nitrogen and oxygen atoms in total. The molecule has 0 aliphatic carbocycles. The van der Waals surface area contributed by atoms with Gasteiger partial charge in [-0.05, 0) is 62.3 Å². The maximum Gasteiger partial charge on any atom is 0.214 e. The smallest absolute Gasteiger partial charge is 0.214 e. The third-order valence-corrected chi connectivity index (χ3v) is 5.12. The molecule has 0 saturated carbocycles. The number of nitrogens with zero attached hydrogens (tertiary/aromatic N) is 4. The van der Waals surface area contributed by atoms with Crippen LogP contribution in [0.5, 0.6) is 0 Å². The van der Waals surface area contributed by atoms with E-state index in [4.69, 9.17) is 11.5 Å². The van der Waals surface area contributed by atoms with Crippen LogP contribution in [-0.2, 0) is 0 Å². The number of guanidine groups is 1. The average molecular weight is 325 g/mol. The fourth-order valence-corrected chi connectivity index (χ4v) is 3.73. The number of nitrogens with one attached hydrogen (secondary N) is 1. The Hall–Kier alpha value is -2.38. The van der Waals surface area contributed by atoms with Gasteiger partial charge in [0.25, 0.3) is 0 Å². The first-order valence-electron chi connectivity index (χ1n) is 8.30. The van der Waals surface area contributed by atoms with Crippen LogP contribution in [0.1, 0.15) is 18.4 Å². The van der Waals surface area contributed by atoms with Crippen LogP contribution >= 0.6 is 0 Å². The largest absolute Gasteiger partial charge is 0.368 e. The number of nitrogens with two attached hydrogens (primary N) is 2. The molecule has 1 aromatic heterocycles. The van der Waals surface area contributed by atoms with Crippen LogP contribution in [0.15, 0.2) is 47.5 Å². The first-order valence-corrected chi connectivity index (χ1v) is 8.30. The molecule has 0 amide bonds. The van der Waals surface area contributed by atoms with Crippen molar-refractivity contribution in [1.82, 2.24) is 20.3 Å². The topological polar surface area (TPSA) is 95.8 Å². The van der Waals surface area contributed by atoms with E-state index in [1.807, 2.05) is 29.4 Å². The second kappa shape index (κ2) is 5.61. The van der Waals surface area contributed by atoms with E-state index in [0.29, 0.717) is 11.9 Å². The van der Waals surface area contributed by atoms with Gasteiger partial charge >= 0.3 is 0 Å². The minimum absolute atomic E-state index is 0.317. The van der Waals surface area contributed by atoms with E-state index in [2.05, 4.69) is 33.4 Å². The molecular weight excluding hydrogens is 302 g/mol. The van der Waals surface area contributed by atoms with Gasteiger partial charge in [0, 0.05) is 18.3 Å². The van der Waals surface area contributed by atoms with E-state index in [1.165, 1.54) is 0 Å². The second-order valence-electron chi connectivity index (χ2n) is 6.75. The van der Waals surface area contributed by atoms with Gasteiger partial charge in [-0.1, -0.05) is 6.07 Å². The summed E-state index contributed by atoms with van der Waals surface area (Å²) < 4.78 is 0. The van der Waals surface area contributed by atoms with Crippen molar-refractivity contribution >= 4 is 11.5 Å². The van der Waals surface area contributed by atoms with Crippen LogP contribution in [0.25, 0.3) is 5.57 Å². The summed E-state index contributed by atoms with van der Waals surface area (Å²) in [4.78, 5) is 11.0. The fourth-order valence-electron chi connectivity index (χ4n) is 3.73. The van der Waals surface area contributed by atoms with E-state index in [1.54, 1.807) is 6.20 Å². The summed E-state index contributed by atoms with van der Waals surface area (Å²) in [5.41, 5.74) is 17.4. The van der Waals surface area contributed by atoms with Crippen molar-refractivity contribution in [3.05, 3.63) is 48.1 Å². The number of allylic oxidation sites excluding steroid dienone is 2. The van der Waals surface area contributed by atoms with Crippen molar-refractivity contribution in [2.75, 3.05) is 20.1 Å². The minimum Gasteiger partial charge on any atom is -0.368 e. The van der Waals surface area contributed by atoms with E-state index in [9.17, 15) is 0 Å². The molecule has 1 fully saturated rings. The highest BCUT2D eigenvalue weighted by atomic mass is 15.7. The number of pyridine rings is 1. The number of piperidine rings is 1. The summed E-state index contributed by atoms with van der Waals surface area (Å²) >= 11 is 0. The minimum atomic E-state index is -0.666. The zero-order valence-corrected chi connectivity index (χ0v) is 13.8. The molecule has 1 saturated heterocycles. The second-order valence-corrected chi connectivity index (χ2v) is 6.75. The summed E-state index contributed by atoms with van der Waals surface area (Å²) in [6.07, 6.45) is 9.83. The van der Waals surface area contributed by atoms with Gasteiger partial charge in [0.15, 0.2) is 5.82 Å². The number of hydrogen-bond acceptors (Lipinski definition) is 7. The van der Waals surface area contributed by atoms with Crippen molar-refractivity contribution in [2.24, 2.45) is 22.4 Å². The lowest BCUT2D eigenvalue weighted by Crippen LogP contribution is -2.65. The zero-order valence-electron chi connectivity index (χ0n) is 13.8. The van der Waals surface area contributed by atoms with Gasteiger partial charge in [-0.2, -0.15) is 4.99 Å². The van der Waals surface area contributed by atoms with Crippen LogP contribution < -0.4 is 16.9 Å². The molecule has 4 rings (SSSR count). The Bertz CT molecular complexity index is 716. The van der Waals surface area contributed by atoms with Gasteiger partial charge in [-0.15, -0.1) is 0 Å². The fraction of sp³-hybridized carbons (Fsp3) is 0.412. The van der Waals surface area contributed by atoms with Crippen LogP contribution in [0.2, 0.25) is 0 Å². The number of hydrogen-bond donors (Lipinski definition) is 3. The molecular formula is C17H23N7. The summed E-state index contributed by atoms with van der Waals surface area (Å²) in [7, 11) is 2.15. The van der Waals surface area contributed by atoms with E-state index in [-0.39, 0.29) is 0 Å². The van der Waals surface area contributed by atoms with E-state index in [0.717, 1.165) is 42.9 Å². The van der Waals surface area contributed by atoms with Crippen molar-refractivity contribution in [2.45, 2.75) is 18.5 Å². The quantitative estimate of drug-likeness (QED) is 0.731. The molecule has 0 radical (unpaired) electrons. The Kier molecular flexibility index (Phi) is 3.54. The maximum absolute atomic E-state index is 6.93. The monoisotopic (exact) mass is 325 g/mol. The highest BCUT2D eigenvalue weighted by Gasteiger charge is 2.45. The Morgan fingerprint density at radius 2 is 2.12 bits per heavy atom.